The number of carbonyl (C=O) groups is 3. The van der Waals surface area contributed by atoms with Crippen molar-refractivity contribution in [1.82, 2.24) is 14.8 Å². The van der Waals surface area contributed by atoms with Crippen molar-refractivity contribution in [2.24, 2.45) is 28.1 Å². The van der Waals surface area contributed by atoms with Crippen molar-refractivity contribution in [3.8, 4) is 16.9 Å². The molecular weight excluding hydrogens is 510 g/mol. The van der Waals surface area contributed by atoms with E-state index in [1.807, 2.05) is 65.6 Å². The summed E-state index contributed by atoms with van der Waals surface area (Å²) in [6.45, 7) is 3.30. The van der Waals surface area contributed by atoms with Gasteiger partial charge in [0, 0.05) is 43.7 Å². The van der Waals surface area contributed by atoms with Crippen molar-refractivity contribution >= 4 is 23.8 Å². The second-order valence-electron chi connectivity index (χ2n) is 9.88. The molecule has 0 bridgehead atoms. The largest absolute Gasteiger partial charge is 0.495 e. The van der Waals surface area contributed by atoms with E-state index in [1.54, 1.807) is 26.4 Å². The van der Waals surface area contributed by atoms with Crippen LogP contribution in [0.1, 0.15) is 24.5 Å². The maximum absolute atomic E-state index is 13.6. The minimum absolute atomic E-state index is 0.00421. The van der Waals surface area contributed by atoms with Crippen molar-refractivity contribution in [3.05, 3.63) is 84.2 Å². The molecule has 3 aromatic rings. The minimum Gasteiger partial charge on any atom is -0.495 e. The number of hydrogen-bond acceptors (Lipinski definition) is 7. The number of methoxy groups -OCH3 is 1. The first-order valence-corrected chi connectivity index (χ1v) is 12.7. The Kier molecular flexibility index (Phi) is 8.32. The lowest BCUT2D eigenvalue weighted by molar-refractivity contribution is -0.131. The summed E-state index contributed by atoms with van der Waals surface area (Å²) in [5.74, 6) is 0.741. The average molecular weight is 544 g/mol. The Morgan fingerprint density at radius 2 is 1.77 bits per heavy atom. The van der Waals surface area contributed by atoms with Crippen LogP contribution in [-0.4, -0.2) is 58.8 Å². The van der Waals surface area contributed by atoms with Crippen LogP contribution >= 0.6 is 0 Å². The van der Waals surface area contributed by atoms with Gasteiger partial charge in [-0.25, -0.2) is 9.79 Å². The van der Waals surface area contributed by atoms with Crippen molar-refractivity contribution in [2.45, 2.75) is 25.4 Å². The molecule has 0 radical (unpaired) electrons. The summed E-state index contributed by atoms with van der Waals surface area (Å²) in [5.41, 5.74) is 17.2. The lowest BCUT2D eigenvalue weighted by Gasteiger charge is -2.25. The Bertz CT molecular complexity index is 1420. The molecule has 1 saturated heterocycles. The van der Waals surface area contributed by atoms with Crippen LogP contribution in [0.25, 0.3) is 11.1 Å². The smallest absolute Gasteiger partial charge is 0.309 e. The van der Waals surface area contributed by atoms with Gasteiger partial charge in [-0.3, -0.25) is 19.5 Å². The van der Waals surface area contributed by atoms with Gasteiger partial charge in [0.2, 0.25) is 5.91 Å². The van der Waals surface area contributed by atoms with E-state index >= 15 is 0 Å². The van der Waals surface area contributed by atoms with E-state index in [4.69, 9.17) is 15.3 Å². The Hall–Kier alpha value is -4.93. The summed E-state index contributed by atoms with van der Waals surface area (Å²) < 4.78 is 5.29. The number of pyridine rings is 1. The number of hydrogen-bond donors (Lipinski definition) is 3. The van der Waals surface area contributed by atoms with E-state index in [2.05, 4.69) is 21.4 Å². The highest BCUT2D eigenvalue weighted by Crippen LogP contribution is 2.36. The summed E-state index contributed by atoms with van der Waals surface area (Å²) in [5, 5.41) is 0. The third kappa shape index (κ3) is 6.20. The van der Waals surface area contributed by atoms with E-state index in [0.717, 1.165) is 22.3 Å². The van der Waals surface area contributed by atoms with Gasteiger partial charge in [0.05, 0.1) is 13.3 Å². The number of nitrogens with zero attached hydrogens (tertiary/aromatic N) is 4. The monoisotopic (exact) mass is 543 g/mol. The van der Waals surface area contributed by atoms with Gasteiger partial charge >= 0.3 is 6.03 Å². The van der Waals surface area contributed by atoms with E-state index in [-0.39, 0.29) is 23.7 Å². The molecule has 2 aromatic carbocycles. The second kappa shape index (κ2) is 11.9. The number of carbonyl (C=O) groups excluding carboxylic acids is 3. The molecule has 5 rings (SSSR count). The molecule has 1 fully saturated rings. The Morgan fingerprint density at radius 3 is 2.48 bits per heavy atom. The molecule has 6 N–H and O–H groups in total. The Balaban J connectivity index is 0.000000867. The molecular formula is C29H33N7O4. The fraction of sp³-hybridized carbons (Fsp3) is 0.276. The molecule has 11 heteroatoms. The van der Waals surface area contributed by atoms with Gasteiger partial charge in [0.15, 0.2) is 11.5 Å². The third-order valence-corrected chi connectivity index (χ3v) is 6.93. The molecule has 2 unspecified atom stereocenters. The van der Waals surface area contributed by atoms with Gasteiger partial charge in [-0.05, 0) is 35.7 Å². The SMILES string of the molecule is COc1cncc(-c2cccc(C3(C)N=C(N)N(CC4CC(=O)N(Cc5ccccc5)C4)C3=O)c2)c1.NC(N)=O. The van der Waals surface area contributed by atoms with Crippen LogP contribution in [0, 0.1) is 5.92 Å². The number of benzene rings is 2. The predicted molar refractivity (Wildman–Crippen MR) is 151 cm³/mol. The molecule has 2 aliphatic heterocycles. The summed E-state index contributed by atoms with van der Waals surface area (Å²) in [4.78, 5) is 47.5. The number of urea groups is 1. The zero-order valence-electron chi connectivity index (χ0n) is 22.5. The number of rotatable bonds is 7. The number of ether oxygens (including phenoxy) is 1. The minimum atomic E-state index is -1.14. The predicted octanol–water partition coefficient (Wildman–Crippen LogP) is 2.20. The highest BCUT2D eigenvalue weighted by atomic mass is 16.5. The molecule has 2 aliphatic rings. The second-order valence-corrected chi connectivity index (χ2v) is 9.88. The summed E-state index contributed by atoms with van der Waals surface area (Å²) in [6, 6.07) is 18.7. The van der Waals surface area contributed by atoms with E-state index < -0.39 is 11.6 Å². The maximum Gasteiger partial charge on any atom is 0.309 e. The fourth-order valence-corrected chi connectivity index (χ4v) is 4.95. The van der Waals surface area contributed by atoms with Crippen LogP contribution in [-0.2, 0) is 21.7 Å². The van der Waals surface area contributed by atoms with Crippen LogP contribution in [0.3, 0.4) is 0 Å². The average Bonchev–Trinajstić information content (AvgIpc) is 3.39. The van der Waals surface area contributed by atoms with Crippen molar-refractivity contribution in [1.29, 1.82) is 0 Å². The third-order valence-electron chi connectivity index (χ3n) is 6.93. The fourth-order valence-electron chi connectivity index (χ4n) is 4.95. The summed E-state index contributed by atoms with van der Waals surface area (Å²) in [7, 11) is 1.60. The Labute approximate surface area is 232 Å². The highest BCUT2D eigenvalue weighted by Gasteiger charge is 2.46. The first-order valence-electron chi connectivity index (χ1n) is 12.7. The number of aromatic nitrogens is 1. The van der Waals surface area contributed by atoms with Crippen molar-refractivity contribution in [2.75, 3.05) is 20.2 Å². The van der Waals surface area contributed by atoms with Crippen LogP contribution in [0.2, 0.25) is 0 Å². The number of primary amides is 2. The Morgan fingerprint density at radius 1 is 1.05 bits per heavy atom. The number of guanidine groups is 1. The van der Waals surface area contributed by atoms with E-state index in [1.165, 1.54) is 4.90 Å². The summed E-state index contributed by atoms with van der Waals surface area (Å²) in [6.07, 6.45) is 3.79. The number of aliphatic imine (C=N–C) groups is 1. The van der Waals surface area contributed by atoms with Crippen LogP contribution in [0.5, 0.6) is 5.75 Å². The molecule has 2 atom stereocenters. The molecule has 4 amide bonds. The van der Waals surface area contributed by atoms with Gasteiger partial charge < -0.3 is 26.8 Å². The standard InChI is InChI=1S/C28H29N5O3.CH4N2O/c1-28(23-10-6-9-21(12-23)22-13-24(36-2)15-30-14-22)26(35)33(27(29)31-28)18-20-11-25(34)32(17-20)16-19-7-4-3-5-8-19;2-1(3)4/h3-10,12-15,20H,11,16-18H2,1-2H3,(H2,29,31);(H4,2,3,4). The number of amides is 4. The summed E-state index contributed by atoms with van der Waals surface area (Å²) >= 11 is 0. The lowest BCUT2D eigenvalue weighted by Crippen LogP contribution is -2.44. The van der Waals surface area contributed by atoms with Crippen LogP contribution in [0.4, 0.5) is 4.79 Å². The van der Waals surface area contributed by atoms with Crippen LogP contribution in [0.15, 0.2) is 78.0 Å². The molecule has 11 nitrogen and oxygen atoms in total. The zero-order chi connectivity index (χ0) is 28.9. The van der Waals surface area contributed by atoms with Gasteiger partial charge in [0.25, 0.3) is 5.91 Å². The van der Waals surface area contributed by atoms with Gasteiger partial charge in [-0.1, -0.05) is 48.5 Å². The molecule has 0 spiro atoms. The van der Waals surface area contributed by atoms with Gasteiger partial charge in [-0.2, -0.15) is 0 Å². The van der Waals surface area contributed by atoms with E-state index in [0.29, 0.717) is 31.8 Å². The molecule has 0 aliphatic carbocycles. The van der Waals surface area contributed by atoms with Crippen molar-refractivity contribution in [3.63, 3.8) is 0 Å². The van der Waals surface area contributed by atoms with Gasteiger partial charge in [0.1, 0.15) is 5.75 Å². The van der Waals surface area contributed by atoms with Gasteiger partial charge in [-0.15, -0.1) is 0 Å². The number of nitrogens with two attached hydrogens (primary N) is 3. The first-order chi connectivity index (χ1) is 19.1. The quantitative estimate of drug-likeness (QED) is 0.412. The topological polar surface area (TPSA) is 170 Å². The zero-order valence-corrected chi connectivity index (χ0v) is 22.5. The normalized spacial score (nSPS) is 20.1. The molecule has 0 saturated carbocycles. The maximum atomic E-state index is 13.6. The van der Waals surface area contributed by atoms with Crippen LogP contribution < -0.4 is 21.9 Å². The molecule has 208 valence electrons. The van der Waals surface area contributed by atoms with E-state index in [9.17, 15) is 9.59 Å². The first kappa shape index (κ1) is 28.1. The molecule has 3 heterocycles. The lowest BCUT2D eigenvalue weighted by atomic mass is 9.89. The highest BCUT2D eigenvalue weighted by molar-refractivity contribution is 6.07. The number of likely N-dealkylation sites (tertiary alicyclic amines) is 1. The molecule has 1 aromatic heterocycles. The molecule has 40 heavy (non-hydrogen) atoms. The van der Waals surface area contributed by atoms with Crippen molar-refractivity contribution < 1.29 is 19.1 Å².